The Labute approximate surface area is 78.3 Å². The van der Waals surface area contributed by atoms with E-state index in [4.69, 9.17) is 5.21 Å². The van der Waals surface area contributed by atoms with Crippen molar-refractivity contribution in [2.45, 2.75) is 6.92 Å². The van der Waals surface area contributed by atoms with Crippen LogP contribution in [0.5, 0.6) is 0 Å². The molecule has 0 heterocycles. The molecule has 1 aromatic carbocycles. The smallest absolute Gasteiger partial charge is 0.0733 e. The molecular formula is C10H14N2O. The fourth-order valence-corrected chi connectivity index (χ4v) is 1.06. The van der Waals surface area contributed by atoms with Crippen LogP contribution in [0, 0.1) is 0 Å². The number of oxime groups is 1. The van der Waals surface area contributed by atoms with Crippen molar-refractivity contribution >= 4 is 11.9 Å². The lowest BCUT2D eigenvalue weighted by atomic mass is 10.2. The van der Waals surface area contributed by atoms with Gasteiger partial charge in [0.1, 0.15) is 0 Å². The molecule has 0 saturated heterocycles. The molecule has 0 unspecified atom stereocenters. The van der Waals surface area contributed by atoms with Gasteiger partial charge in [-0.05, 0) is 24.6 Å². The van der Waals surface area contributed by atoms with Crippen molar-refractivity contribution in [2.75, 3.05) is 18.5 Å². The molecule has 0 radical (unpaired) electrons. The third-order valence-electron chi connectivity index (χ3n) is 2.02. The van der Waals surface area contributed by atoms with Gasteiger partial charge in [-0.1, -0.05) is 17.3 Å². The minimum atomic E-state index is 0.899. The van der Waals surface area contributed by atoms with Crippen molar-refractivity contribution < 1.29 is 5.21 Å². The Hall–Kier alpha value is -1.51. The Morgan fingerprint density at radius 1 is 1.38 bits per heavy atom. The molecule has 0 spiro atoms. The van der Waals surface area contributed by atoms with Crippen molar-refractivity contribution in [3.05, 3.63) is 29.8 Å². The van der Waals surface area contributed by atoms with E-state index in [2.05, 4.69) is 17.0 Å². The summed E-state index contributed by atoms with van der Waals surface area (Å²) in [5, 5.41) is 11.3. The summed E-state index contributed by atoms with van der Waals surface area (Å²) >= 11 is 0. The first-order valence-electron chi connectivity index (χ1n) is 4.26. The molecule has 1 N–H and O–H groups in total. The van der Waals surface area contributed by atoms with Crippen molar-refractivity contribution in [3.8, 4) is 0 Å². The molecule has 0 fully saturated rings. The molecule has 0 aliphatic carbocycles. The first kappa shape index (κ1) is 9.58. The van der Waals surface area contributed by atoms with Crippen LogP contribution in [0.1, 0.15) is 12.5 Å². The summed E-state index contributed by atoms with van der Waals surface area (Å²) in [4.78, 5) is 2.14. The first-order valence-corrected chi connectivity index (χ1v) is 4.26. The van der Waals surface area contributed by atoms with Crippen molar-refractivity contribution in [1.82, 2.24) is 0 Å². The zero-order valence-electron chi connectivity index (χ0n) is 7.94. The monoisotopic (exact) mass is 178 g/mol. The molecule has 3 nitrogen and oxygen atoms in total. The van der Waals surface area contributed by atoms with E-state index >= 15 is 0 Å². The highest BCUT2D eigenvalue weighted by Gasteiger charge is 1.96. The van der Waals surface area contributed by atoms with Crippen LogP contribution in [0.2, 0.25) is 0 Å². The van der Waals surface area contributed by atoms with E-state index in [1.165, 1.54) is 6.21 Å². The zero-order valence-corrected chi connectivity index (χ0v) is 7.94. The van der Waals surface area contributed by atoms with E-state index < -0.39 is 0 Å². The molecule has 0 aliphatic heterocycles. The summed E-state index contributed by atoms with van der Waals surface area (Å²) in [6.07, 6.45) is 1.41. The van der Waals surface area contributed by atoms with E-state index in [1.54, 1.807) is 0 Å². The van der Waals surface area contributed by atoms with Crippen molar-refractivity contribution in [1.29, 1.82) is 0 Å². The lowest BCUT2D eigenvalue weighted by Gasteiger charge is -2.16. The van der Waals surface area contributed by atoms with Gasteiger partial charge in [-0.25, -0.2) is 0 Å². The molecule has 70 valence electrons. The molecule has 3 heteroatoms. The third-order valence-corrected chi connectivity index (χ3v) is 2.02. The fourth-order valence-electron chi connectivity index (χ4n) is 1.06. The summed E-state index contributed by atoms with van der Waals surface area (Å²) in [7, 11) is 2.04. The number of nitrogens with zero attached hydrogens (tertiary/aromatic N) is 2. The second-order valence-electron chi connectivity index (χ2n) is 2.85. The number of hydrogen-bond acceptors (Lipinski definition) is 3. The van der Waals surface area contributed by atoms with Gasteiger partial charge in [-0.15, -0.1) is 0 Å². The highest BCUT2D eigenvalue weighted by Crippen LogP contribution is 2.12. The summed E-state index contributed by atoms with van der Waals surface area (Å²) < 4.78 is 0. The molecule has 0 atom stereocenters. The Morgan fingerprint density at radius 2 is 2.00 bits per heavy atom. The molecule has 0 amide bonds. The molecule has 0 aromatic heterocycles. The fraction of sp³-hybridized carbons (Fsp3) is 0.300. The van der Waals surface area contributed by atoms with E-state index in [9.17, 15) is 0 Å². The van der Waals surface area contributed by atoms with Gasteiger partial charge >= 0.3 is 0 Å². The second kappa shape index (κ2) is 4.50. The van der Waals surface area contributed by atoms with Crippen LogP contribution in [-0.2, 0) is 0 Å². The van der Waals surface area contributed by atoms with Crippen LogP contribution in [-0.4, -0.2) is 25.0 Å². The molecule has 0 aliphatic rings. The average Bonchev–Trinajstić information content (AvgIpc) is 2.18. The molecular weight excluding hydrogens is 164 g/mol. The maximum absolute atomic E-state index is 8.30. The Kier molecular flexibility index (Phi) is 3.31. The number of anilines is 1. The Morgan fingerprint density at radius 3 is 2.46 bits per heavy atom. The minimum absolute atomic E-state index is 0.899. The van der Waals surface area contributed by atoms with E-state index in [0.717, 1.165) is 17.8 Å². The van der Waals surface area contributed by atoms with E-state index in [-0.39, 0.29) is 0 Å². The normalized spacial score (nSPS) is 10.6. The SMILES string of the molecule is CCN(C)c1ccc(/C=N/O)cc1. The van der Waals surface area contributed by atoms with Crippen molar-refractivity contribution in [2.24, 2.45) is 5.16 Å². The number of rotatable bonds is 3. The molecule has 1 aromatic rings. The van der Waals surface area contributed by atoms with Gasteiger partial charge in [0, 0.05) is 19.3 Å². The molecule has 1 rings (SSSR count). The minimum Gasteiger partial charge on any atom is -0.411 e. The van der Waals surface area contributed by atoms with Gasteiger partial charge in [0.25, 0.3) is 0 Å². The van der Waals surface area contributed by atoms with Crippen LogP contribution in [0.4, 0.5) is 5.69 Å². The highest BCUT2D eigenvalue weighted by molar-refractivity contribution is 5.79. The van der Waals surface area contributed by atoms with Crippen LogP contribution in [0.25, 0.3) is 0 Å². The molecule has 0 saturated carbocycles. The zero-order chi connectivity index (χ0) is 9.68. The molecule has 13 heavy (non-hydrogen) atoms. The topological polar surface area (TPSA) is 35.8 Å². The van der Waals surface area contributed by atoms with Gasteiger partial charge in [-0.2, -0.15) is 0 Å². The lowest BCUT2D eigenvalue weighted by molar-refractivity contribution is 0.322. The predicted octanol–water partition coefficient (Wildman–Crippen LogP) is 1.95. The maximum atomic E-state index is 8.30. The number of hydrogen-bond donors (Lipinski definition) is 1. The van der Waals surface area contributed by atoms with Gasteiger partial charge in [-0.3, -0.25) is 0 Å². The van der Waals surface area contributed by atoms with Crippen molar-refractivity contribution in [3.63, 3.8) is 0 Å². The summed E-state index contributed by atoms with van der Waals surface area (Å²) in [5.41, 5.74) is 2.06. The van der Waals surface area contributed by atoms with Gasteiger partial charge < -0.3 is 10.1 Å². The maximum Gasteiger partial charge on any atom is 0.0733 e. The predicted molar refractivity (Wildman–Crippen MR) is 54.8 cm³/mol. The quantitative estimate of drug-likeness (QED) is 0.436. The number of benzene rings is 1. The standard InChI is InChI=1S/C10H14N2O/c1-3-12(2)10-6-4-9(5-7-10)8-11-13/h4-8,13H,3H2,1-2H3/b11-8+. The molecule has 0 bridgehead atoms. The van der Waals surface area contributed by atoms with E-state index in [0.29, 0.717) is 0 Å². The average molecular weight is 178 g/mol. The summed E-state index contributed by atoms with van der Waals surface area (Å²) in [5.74, 6) is 0. The van der Waals surface area contributed by atoms with Gasteiger partial charge in [0.2, 0.25) is 0 Å². The first-order chi connectivity index (χ1) is 6.27. The van der Waals surface area contributed by atoms with Crippen LogP contribution >= 0.6 is 0 Å². The lowest BCUT2D eigenvalue weighted by Crippen LogP contribution is -2.15. The second-order valence-corrected chi connectivity index (χ2v) is 2.85. The van der Waals surface area contributed by atoms with Crippen LogP contribution in [0.3, 0.4) is 0 Å². The van der Waals surface area contributed by atoms with Gasteiger partial charge in [0.15, 0.2) is 0 Å². The van der Waals surface area contributed by atoms with E-state index in [1.807, 2.05) is 31.3 Å². The van der Waals surface area contributed by atoms with Crippen LogP contribution in [0.15, 0.2) is 29.4 Å². The summed E-state index contributed by atoms with van der Waals surface area (Å²) in [6, 6.07) is 7.84. The Balaban J connectivity index is 2.80. The largest absolute Gasteiger partial charge is 0.411 e. The van der Waals surface area contributed by atoms with Crippen LogP contribution < -0.4 is 4.90 Å². The summed E-state index contributed by atoms with van der Waals surface area (Å²) in [6.45, 7) is 3.08. The van der Waals surface area contributed by atoms with Gasteiger partial charge in [0.05, 0.1) is 6.21 Å². The third kappa shape index (κ3) is 2.47. The highest BCUT2D eigenvalue weighted by atomic mass is 16.4. The Bertz CT molecular complexity index is 279.